The van der Waals surface area contributed by atoms with Crippen molar-refractivity contribution in [2.45, 2.75) is 19.8 Å². The number of carbonyl (C=O) groups is 2. The number of rotatable bonds is 7. The average Bonchev–Trinajstić information content (AvgIpc) is 2.77. The normalized spacial score (nSPS) is 10.6. The van der Waals surface area contributed by atoms with Crippen molar-refractivity contribution >= 4 is 35.0 Å². The Labute approximate surface area is 114 Å². The molecule has 1 rings (SSSR count). The third-order valence-electron chi connectivity index (χ3n) is 2.01. The van der Waals surface area contributed by atoms with Gasteiger partial charge >= 0.3 is 5.97 Å². The summed E-state index contributed by atoms with van der Waals surface area (Å²) in [6, 6.07) is 0. The molecule has 0 radical (unpaired) electrons. The average molecular weight is 288 g/mol. The van der Waals surface area contributed by atoms with E-state index in [4.69, 9.17) is 5.11 Å². The van der Waals surface area contributed by atoms with Gasteiger partial charge < -0.3 is 10.4 Å². The van der Waals surface area contributed by atoms with E-state index in [1.807, 2.05) is 13.8 Å². The predicted octanol–water partition coefficient (Wildman–Crippen LogP) is 1.81. The number of carboxylic acid groups (broad SMARTS) is 1. The summed E-state index contributed by atoms with van der Waals surface area (Å²) in [6.45, 7) is 4.51. The molecule has 7 heteroatoms. The number of hydrogen-bond acceptors (Lipinski definition) is 5. The molecule has 0 aliphatic carbocycles. The lowest BCUT2D eigenvalue weighted by Crippen LogP contribution is -2.26. The Bertz CT molecular complexity index is 418. The highest BCUT2D eigenvalue weighted by Crippen LogP contribution is 2.18. The minimum Gasteiger partial charge on any atom is -0.481 e. The first-order chi connectivity index (χ1) is 8.50. The first-order valence-electron chi connectivity index (χ1n) is 5.54. The molecule has 0 bridgehead atoms. The summed E-state index contributed by atoms with van der Waals surface area (Å²) >= 11 is 2.76. The van der Waals surface area contributed by atoms with Crippen molar-refractivity contribution < 1.29 is 14.7 Å². The van der Waals surface area contributed by atoms with Crippen molar-refractivity contribution in [3.8, 4) is 0 Å². The highest BCUT2D eigenvalue weighted by Gasteiger charge is 2.11. The van der Waals surface area contributed by atoms with E-state index in [1.165, 1.54) is 23.1 Å². The van der Waals surface area contributed by atoms with Crippen LogP contribution < -0.4 is 5.32 Å². The molecule has 0 saturated carbocycles. The van der Waals surface area contributed by atoms with Gasteiger partial charge in [-0.25, -0.2) is 4.98 Å². The molecule has 0 aliphatic heterocycles. The quantitative estimate of drug-likeness (QED) is 0.748. The molecule has 0 aliphatic rings. The molecule has 100 valence electrons. The Morgan fingerprint density at radius 2 is 2.28 bits per heavy atom. The van der Waals surface area contributed by atoms with Crippen LogP contribution in [0.15, 0.2) is 5.38 Å². The Kier molecular flexibility index (Phi) is 6.14. The molecular formula is C11H16N2O3S2. The van der Waals surface area contributed by atoms with Gasteiger partial charge in [0, 0.05) is 23.6 Å². The van der Waals surface area contributed by atoms with Crippen molar-refractivity contribution in [1.82, 2.24) is 10.3 Å². The predicted molar refractivity (Wildman–Crippen MR) is 73.5 cm³/mol. The highest BCUT2D eigenvalue weighted by atomic mass is 32.2. The van der Waals surface area contributed by atoms with Crippen LogP contribution in [-0.4, -0.2) is 40.0 Å². The second kappa shape index (κ2) is 7.38. The van der Waals surface area contributed by atoms with E-state index in [9.17, 15) is 9.59 Å². The van der Waals surface area contributed by atoms with Crippen molar-refractivity contribution in [3.05, 3.63) is 16.1 Å². The molecule has 2 N–H and O–H groups in total. The molecule has 18 heavy (non-hydrogen) atoms. The van der Waals surface area contributed by atoms with Crippen molar-refractivity contribution in [2.75, 3.05) is 18.1 Å². The number of aromatic nitrogens is 1. The number of nitrogens with one attached hydrogen (secondary N) is 1. The van der Waals surface area contributed by atoms with E-state index >= 15 is 0 Å². The largest absolute Gasteiger partial charge is 0.481 e. The lowest BCUT2D eigenvalue weighted by atomic mass is 10.2. The van der Waals surface area contributed by atoms with E-state index in [2.05, 4.69) is 10.3 Å². The molecule has 0 aromatic carbocycles. The van der Waals surface area contributed by atoms with Crippen LogP contribution in [0.5, 0.6) is 0 Å². The monoisotopic (exact) mass is 288 g/mol. The van der Waals surface area contributed by atoms with Crippen LogP contribution in [0.2, 0.25) is 0 Å². The lowest BCUT2D eigenvalue weighted by Gasteiger charge is -2.02. The van der Waals surface area contributed by atoms with Gasteiger partial charge in [0.05, 0.1) is 10.8 Å². The number of carbonyl (C=O) groups excluding carboxylic acids is 1. The van der Waals surface area contributed by atoms with Gasteiger partial charge in [-0.1, -0.05) is 13.8 Å². The maximum Gasteiger partial charge on any atom is 0.313 e. The van der Waals surface area contributed by atoms with E-state index in [0.29, 0.717) is 23.9 Å². The van der Waals surface area contributed by atoms with E-state index in [1.54, 1.807) is 5.38 Å². The van der Waals surface area contributed by atoms with Crippen LogP contribution in [0.4, 0.5) is 0 Å². The SMILES string of the molecule is CC(C)c1nc(C(=O)NCCSCC(=O)O)cs1. The fourth-order valence-corrected chi connectivity index (χ4v) is 2.52. The van der Waals surface area contributed by atoms with E-state index < -0.39 is 5.97 Å². The Morgan fingerprint density at radius 3 is 2.83 bits per heavy atom. The molecule has 5 nitrogen and oxygen atoms in total. The van der Waals surface area contributed by atoms with Crippen LogP contribution in [0.3, 0.4) is 0 Å². The number of hydrogen-bond donors (Lipinski definition) is 2. The van der Waals surface area contributed by atoms with Crippen molar-refractivity contribution in [3.63, 3.8) is 0 Å². The molecular weight excluding hydrogens is 272 g/mol. The van der Waals surface area contributed by atoms with Gasteiger partial charge in [0.15, 0.2) is 0 Å². The van der Waals surface area contributed by atoms with Gasteiger partial charge in [-0.2, -0.15) is 0 Å². The van der Waals surface area contributed by atoms with Crippen LogP contribution in [0.25, 0.3) is 0 Å². The first kappa shape index (κ1) is 15.0. The summed E-state index contributed by atoms with van der Waals surface area (Å²) in [7, 11) is 0. The summed E-state index contributed by atoms with van der Waals surface area (Å²) in [5.41, 5.74) is 0.437. The van der Waals surface area contributed by atoms with Crippen LogP contribution in [0.1, 0.15) is 35.3 Å². The summed E-state index contributed by atoms with van der Waals surface area (Å²) in [4.78, 5) is 26.2. The molecule has 0 unspecified atom stereocenters. The molecule has 0 saturated heterocycles. The van der Waals surface area contributed by atoms with Crippen molar-refractivity contribution in [1.29, 1.82) is 0 Å². The molecule has 1 aromatic heterocycles. The molecule has 0 atom stereocenters. The lowest BCUT2D eigenvalue weighted by molar-refractivity contribution is -0.133. The fraction of sp³-hybridized carbons (Fsp3) is 0.545. The Hall–Kier alpha value is -1.08. The summed E-state index contributed by atoms with van der Waals surface area (Å²) < 4.78 is 0. The first-order valence-corrected chi connectivity index (χ1v) is 7.57. The van der Waals surface area contributed by atoms with Crippen LogP contribution in [0, 0.1) is 0 Å². The second-order valence-corrected chi connectivity index (χ2v) is 5.92. The van der Waals surface area contributed by atoms with Gasteiger partial charge in [-0.3, -0.25) is 9.59 Å². The van der Waals surface area contributed by atoms with Gasteiger partial charge in [0.1, 0.15) is 5.69 Å². The minimum atomic E-state index is -0.840. The third-order valence-corrected chi connectivity index (χ3v) is 4.10. The Morgan fingerprint density at radius 1 is 1.56 bits per heavy atom. The maximum atomic E-state index is 11.7. The third kappa shape index (κ3) is 5.05. The van der Waals surface area contributed by atoms with Gasteiger partial charge in [-0.15, -0.1) is 23.1 Å². The van der Waals surface area contributed by atoms with Crippen LogP contribution >= 0.6 is 23.1 Å². The number of nitrogens with zero attached hydrogens (tertiary/aromatic N) is 1. The number of aliphatic carboxylic acids is 1. The van der Waals surface area contributed by atoms with Gasteiger partial charge in [0.25, 0.3) is 5.91 Å². The summed E-state index contributed by atoms with van der Waals surface area (Å²) in [5.74, 6) is -0.0762. The van der Waals surface area contributed by atoms with Gasteiger partial charge in [0.2, 0.25) is 0 Å². The molecule has 0 spiro atoms. The molecule has 1 aromatic rings. The molecule has 0 fully saturated rings. The number of carboxylic acids is 1. The second-order valence-electron chi connectivity index (χ2n) is 3.93. The van der Waals surface area contributed by atoms with Crippen molar-refractivity contribution in [2.24, 2.45) is 0 Å². The molecule has 1 amide bonds. The zero-order valence-electron chi connectivity index (χ0n) is 10.3. The zero-order chi connectivity index (χ0) is 13.5. The number of thioether (sulfide) groups is 1. The van der Waals surface area contributed by atoms with E-state index in [-0.39, 0.29) is 11.7 Å². The highest BCUT2D eigenvalue weighted by molar-refractivity contribution is 7.99. The number of amides is 1. The number of thiazole rings is 1. The smallest absolute Gasteiger partial charge is 0.313 e. The standard InChI is InChI=1S/C11H16N2O3S2/c1-7(2)11-13-8(5-18-11)10(16)12-3-4-17-6-9(14)15/h5,7H,3-4,6H2,1-2H3,(H,12,16)(H,14,15). The summed E-state index contributed by atoms with van der Waals surface area (Å²) in [5, 5.41) is 13.8. The zero-order valence-corrected chi connectivity index (χ0v) is 11.9. The van der Waals surface area contributed by atoms with Gasteiger partial charge in [-0.05, 0) is 0 Å². The molecule has 1 heterocycles. The van der Waals surface area contributed by atoms with Crippen LogP contribution in [-0.2, 0) is 4.79 Å². The fourth-order valence-electron chi connectivity index (χ4n) is 1.14. The topological polar surface area (TPSA) is 79.3 Å². The summed E-state index contributed by atoms with van der Waals surface area (Å²) in [6.07, 6.45) is 0. The van der Waals surface area contributed by atoms with E-state index in [0.717, 1.165) is 5.01 Å². The Balaban J connectivity index is 2.29. The minimum absolute atomic E-state index is 0.0596. The maximum absolute atomic E-state index is 11.7.